The van der Waals surface area contributed by atoms with Crippen LogP contribution in [0, 0.1) is 13.8 Å². The minimum atomic E-state index is -0.563. The van der Waals surface area contributed by atoms with Crippen LogP contribution >= 0.6 is 11.3 Å². The van der Waals surface area contributed by atoms with E-state index in [0.717, 1.165) is 17.8 Å². The third-order valence-electron chi connectivity index (χ3n) is 3.16. The molecule has 0 aliphatic heterocycles. The van der Waals surface area contributed by atoms with Gasteiger partial charge in [0.05, 0.1) is 17.2 Å². The number of ether oxygens (including phenoxy) is 1. The Morgan fingerprint density at radius 2 is 2.05 bits per heavy atom. The quantitative estimate of drug-likeness (QED) is 0.776. The number of hydrogen-bond acceptors (Lipinski definition) is 6. The van der Waals surface area contributed by atoms with Gasteiger partial charge in [-0.05, 0) is 26.7 Å². The number of nitrogens with zero attached hydrogens (tertiary/aromatic N) is 2. The summed E-state index contributed by atoms with van der Waals surface area (Å²) in [4.78, 5) is 41.1. The highest BCUT2D eigenvalue weighted by molar-refractivity contribution is 7.13. The summed E-state index contributed by atoms with van der Waals surface area (Å²) in [6, 6.07) is 0.256. The zero-order valence-corrected chi connectivity index (χ0v) is 13.7. The van der Waals surface area contributed by atoms with Crippen LogP contribution in [0.5, 0.6) is 0 Å². The second-order valence-corrected chi connectivity index (χ2v) is 6.52. The SMILES string of the molecule is Cc1nc(C)c(C(=O)OCC(=O)N(C)CC(=O)NC2CC2)s1. The Morgan fingerprint density at radius 3 is 2.59 bits per heavy atom. The molecular formula is C14H19N3O4S. The van der Waals surface area contributed by atoms with E-state index in [1.807, 2.05) is 0 Å². The molecule has 1 aliphatic carbocycles. The molecule has 1 N–H and O–H groups in total. The van der Waals surface area contributed by atoms with Crippen molar-refractivity contribution >= 4 is 29.1 Å². The lowest BCUT2D eigenvalue weighted by Gasteiger charge is -2.16. The number of likely N-dealkylation sites (N-methyl/N-ethyl adjacent to an activating group) is 1. The maximum atomic E-state index is 11.9. The van der Waals surface area contributed by atoms with Crippen molar-refractivity contribution in [2.24, 2.45) is 0 Å². The predicted molar refractivity (Wildman–Crippen MR) is 80.7 cm³/mol. The molecule has 8 heteroatoms. The Morgan fingerprint density at radius 1 is 1.36 bits per heavy atom. The molecular weight excluding hydrogens is 306 g/mol. The number of esters is 1. The highest BCUT2D eigenvalue weighted by atomic mass is 32.1. The number of nitrogens with one attached hydrogen (secondary N) is 1. The average molecular weight is 325 g/mol. The van der Waals surface area contributed by atoms with Crippen LogP contribution in [0.25, 0.3) is 0 Å². The number of aryl methyl sites for hydroxylation is 2. The summed E-state index contributed by atoms with van der Waals surface area (Å²) >= 11 is 1.23. The molecule has 1 aliphatic rings. The Kier molecular flexibility index (Phi) is 5.12. The van der Waals surface area contributed by atoms with Crippen LogP contribution in [-0.4, -0.2) is 53.9 Å². The summed E-state index contributed by atoms with van der Waals surface area (Å²) in [5, 5.41) is 3.56. The molecule has 2 amide bonds. The maximum Gasteiger partial charge on any atom is 0.350 e. The highest BCUT2D eigenvalue weighted by Gasteiger charge is 2.24. The number of carbonyl (C=O) groups excluding carboxylic acids is 3. The fourth-order valence-electron chi connectivity index (χ4n) is 1.83. The smallest absolute Gasteiger partial charge is 0.350 e. The van der Waals surface area contributed by atoms with Gasteiger partial charge in [-0.25, -0.2) is 9.78 Å². The van der Waals surface area contributed by atoms with Crippen LogP contribution in [0.15, 0.2) is 0 Å². The van der Waals surface area contributed by atoms with Crippen molar-refractivity contribution in [1.29, 1.82) is 0 Å². The molecule has 0 radical (unpaired) electrons. The van der Waals surface area contributed by atoms with Gasteiger partial charge in [0.2, 0.25) is 5.91 Å². The van der Waals surface area contributed by atoms with E-state index < -0.39 is 11.9 Å². The molecule has 0 bridgehead atoms. The molecule has 0 unspecified atom stereocenters. The first-order valence-electron chi connectivity index (χ1n) is 7.01. The van der Waals surface area contributed by atoms with Crippen molar-refractivity contribution < 1.29 is 19.1 Å². The molecule has 1 saturated carbocycles. The standard InChI is InChI=1S/C14H19N3O4S/c1-8-13(22-9(2)15-8)14(20)21-7-12(19)17(3)6-11(18)16-10-4-5-10/h10H,4-7H2,1-3H3,(H,16,18). The van der Waals surface area contributed by atoms with Crippen LogP contribution in [0.3, 0.4) is 0 Å². The van der Waals surface area contributed by atoms with Gasteiger partial charge in [0.1, 0.15) is 4.88 Å². The van der Waals surface area contributed by atoms with Crippen molar-refractivity contribution in [3.63, 3.8) is 0 Å². The van der Waals surface area contributed by atoms with E-state index >= 15 is 0 Å². The van der Waals surface area contributed by atoms with Gasteiger partial charge >= 0.3 is 5.97 Å². The van der Waals surface area contributed by atoms with Crippen molar-refractivity contribution in [2.75, 3.05) is 20.2 Å². The number of hydrogen-bond donors (Lipinski definition) is 1. The Labute approximate surface area is 132 Å². The summed E-state index contributed by atoms with van der Waals surface area (Å²) in [7, 11) is 1.50. The minimum Gasteiger partial charge on any atom is -0.451 e. The second kappa shape index (κ2) is 6.87. The Hall–Kier alpha value is -1.96. The third kappa shape index (κ3) is 4.52. The molecule has 22 heavy (non-hydrogen) atoms. The molecule has 7 nitrogen and oxygen atoms in total. The number of rotatable bonds is 6. The van der Waals surface area contributed by atoms with E-state index in [1.54, 1.807) is 13.8 Å². The highest BCUT2D eigenvalue weighted by Crippen LogP contribution is 2.19. The first kappa shape index (κ1) is 16.4. The lowest BCUT2D eigenvalue weighted by molar-refractivity contribution is -0.137. The van der Waals surface area contributed by atoms with Crippen LogP contribution in [-0.2, 0) is 14.3 Å². The molecule has 0 atom stereocenters. The van der Waals surface area contributed by atoms with Gasteiger partial charge < -0.3 is 15.0 Å². The molecule has 0 spiro atoms. The maximum absolute atomic E-state index is 11.9. The molecule has 2 rings (SSSR count). The van der Waals surface area contributed by atoms with Gasteiger partial charge in [0.15, 0.2) is 6.61 Å². The van der Waals surface area contributed by atoms with E-state index in [-0.39, 0.29) is 25.1 Å². The first-order valence-corrected chi connectivity index (χ1v) is 7.83. The summed E-state index contributed by atoms with van der Waals surface area (Å²) in [6.07, 6.45) is 1.99. The minimum absolute atomic E-state index is 0.0361. The number of carbonyl (C=O) groups is 3. The van der Waals surface area contributed by atoms with Gasteiger partial charge in [-0.3, -0.25) is 9.59 Å². The number of aromatic nitrogens is 1. The largest absolute Gasteiger partial charge is 0.451 e. The van der Waals surface area contributed by atoms with Crippen molar-refractivity contribution in [2.45, 2.75) is 32.7 Å². The summed E-state index contributed by atoms with van der Waals surface area (Å²) in [5.74, 6) is -1.18. The van der Waals surface area contributed by atoms with E-state index in [9.17, 15) is 14.4 Å². The summed E-state index contributed by atoms with van der Waals surface area (Å²) in [6.45, 7) is 3.09. The Bertz CT molecular complexity index is 595. The zero-order chi connectivity index (χ0) is 16.3. The normalized spacial score (nSPS) is 13.6. The van der Waals surface area contributed by atoms with Crippen molar-refractivity contribution in [3.05, 3.63) is 15.6 Å². The molecule has 1 aromatic heterocycles. The molecule has 120 valence electrons. The van der Waals surface area contributed by atoms with E-state index in [0.29, 0.717) is 10.6 Å². The number of amides is 2. The van der Waals surface area contributed by atoms with Gasteiger partial charge in [0.25, 0.3) is 5.91 Å². The van der Waals surface area contributed by atoms with Crippen LogP contribution < -0.4 is 5.32 Å². The fraction of sp³-hybridized carbons (Fsp3) is 0.571. The average Bonchev–Trinajstić information content (AvgIpc) is 3.18. The Balaban J connectivity index is 1.77. The molecule has 0 saturated heterocycles. The van der Waals surface area contributed by atoms with Gasteiger partial charge in [-0.1, -0.05) is 0 Å². The van der Waals surface area contributed by atoms with Gasteiger partial charge in [0, 0.05) is 13.1 Å². The van der Waals surface area contributed by atoms with Gasteiger partial charge in [-0.2, -0.15) is 0 Å². The van der Waals surface area contributed by atoms with E-state index in [2.05, 4.69) is 10.3 Å². The molecule has 1 fully saturated rings. The second-order valence-electron chi connectivity index (χ2n) is 5.32. The zero-order valence-electron chi connectivity index (χ0n) is 12.8. The monoisotopic (exact) mass is 325 g/mol. The van der Waals surface area contributed by atoms with Crippen LogP contribution in [0.1, 0.15) is 33.2 Å². The van der Waals surface area contributed by atoms with Crippen LogP contribution in [0.4, 0.5) is 0 Å². The van der Waals surface area contributed by atoms with E-state index in [1.165, 1.54) is 23.3 Å². The lowest BCUT2D eigenvalue weighted by atomic mass is 10.4. The number of thiazole rings is 1. The molecule has 1 aromatic rings. The molecule has 0 aromatic carbocycles. The van der Waals surface area contributed by atoms with Crippen LogP contribution in [0.2, 0.25) is 0 Å². The van der Waals surface area contributed by atoms with Crippen molar-refractivity contribution in [1.82, 2.24) is 15.2 Å². The van der Waals surface area contributed by atoms with Crippen molar-refractivity contribution in [3.8, 4) is 0 Å². The summed E-state index contributed by atoms with van der Waals surface area (Å²) in [5.41, 5.74) is 0.595. The summed E-state index contributed by atoms with van der Waals surface area (Å²) < 4.78 is 4.99. The topological polar surface area (TPSA) is 88.6 Å². The lowest BCUT2D eigenvalue weighted by Crippen LogP contribution is -2.40. The van der Waals surface area contributed by atoms with Gasteiger partial charge in [-0.15, -0.1) is 11.3 Å². The molecule has 1 heterocycles. The fourth-order valence-corrected chi connectivity index (χ4v) is 2.64. The third-order valence-corrected chi connectivity index (χ3v) is 4.22. The van der Waals surface area contributed by atoms with E-state index in [4.69, 9.17) is 4.74 Å². The first-order chi connectivity index (χ1) is 10.4. The predicted octanol–water partition coefficient (Wildman–Crippen LogP) is 0.654.